The molecule has 0 bridgehead atoms. The van der Waals surface area contributed by atoms with E-state index in [4.69, 9.17) is 42.4 Å². The molecule has 7 nitrogen and oxygen atoms in total. The molecule has 3 aromatic rings. The molecular formula is C29H29Cl2N3O4. The summed E-state index contributed by atoms with van der Waals surface area (Å²) < 4.78 is 17.0. The highest BCUT2D eigenvalue weighted by atomic mass is 35.5. The Kier molecular flexibility index (Phi) is 8.07. The standard InChI is InChI=1S/C29H29Cl2N3O4/c1-3-38-25-18-23(36-2)12-13-24(25)28-32-26(19-4-8-21(30)9-5-19)27(20-6-10-22(31)11-7-20)34(28)29(35)33-14-16-37-17-15-33/h4-13,18,26-27H,3,14-17H2,1-2H3/t26-,27+/m1/s1. The summed E-state index contributed by atoms with van der Waals surface area (Å²) in [5, 5.41) is 1.25. The molecule has 0 saturated carbocycles. The molecule has 0 unspecified atom stereocenters. The summed E-state index contributed by atoms with van der Waals surface area (Å²) in [5.74, 6) is 1.79. The van der Waals surface area contributed by atoms with Gasteiger partial charge in [-0.3, -0.25) is 9.89 Å². The molecule has 38 heavy (non-hydrogen) atoms. The molecule has 0 radical (unpaired) electrons. The lowest BCUT2D eigenvalue weighted by Gasteiger charge is -2.36. The predicted molar refractivity (Wildman–Crippen MR) is 149 cm³/mol. The molecule has 5 rings (SSSR count). The van der Waals surface area contributed by atoms with Gasteiger partial charge in [0.1, 0.15) is 23.4 Å². The Morgan fingerprint density at radius 3 is 2.21 bits per heavy atom. The van der Waals surface area contributed by atoms with Crippen LogP contribution < -0.4 is 9.47 Å². The van der Waals surface area contributed by atoms with Crippen molar-refractivity contribution in [1.29, 1.82) is 0 Å². The van der Waals surface area contributed by atoms with Crippen molar-refractivity contribution in [3.63, 3.8) is 0 Å². The smallest absolute Gasteiger partial charge is 0.326 e. The second-order valence-corrected chi connectivity index (χ2v) is 9.87. The first kappa shape index (κ1) is 26.4. The van der Waals surface area contributed by atoms with Crippen molar-refractivity contribution >= 4 is 35.1 Å². The number of ether oxygens (including phenoxy) is 3. The fraction of sp³-hybridized carbons (Fsp3) is 0.310. The molecule has 1 fully saturated rings. The van der Waals surface area contributed by atoms with Gasteiger partial charge < -0.3 is 19.1 Å². The molecule has 198 valence electrons. The highest BCUT2D eigenvalue weighted by Crippen LogP contribution is 2.45. The van der Waals surface area contributed by atoms with Crippen LogP contribution in [0.15, 0.2) is 71.7 Å². The first-order chi connectivity index (χ1) is 18.5. The molecule has 0 spiro atoms. The number of morpholine rings is 1. The number of hydrogen-bond acceptors (Lipinski definition) is 5. The summed E-state index contributed by atoms with van der Waals surface area (Å²) in [6.07, 6.45) is 0. The number of urea groups is 1. The number of carbonyl (C=O) groups is 1. The molecule has 2 aliphatic rings. The Morgan fingerprint density at radius 2 is 1.61 bits per heavy atom. The Hall–Kier alpha value is -3.26. The lowest BCUT2D eigenvalue weighted by molar-refractivity contribution is 0.0459. The average Bonchev–Trinajstić information content (AvgIpc) is 3.34. The third kappa shape index (κ3) is 5.32. The summed E-state index contributed by atoms with van der Waals surface area (Å²) in [6, 6.07) is 19.8. The highest BCUT2D eigenvalue weighted by molar-refractivity contribution is 6.30. The number of benzene rings is 3. The van der Waals surface area contributed by atoms with E-state index in [1.807, 2.05) is 78.6 Å². The van der Waals surface area contributed by atoms with Gasteiger partial charge in [-0.05, 0) is 54.4 Å². The van der Waals surface area contributed by atoms with Crippen molar-refractivity contribution < 1.29 is 19.0 Å². The maximum absolute atomic E-state index is 14.3. The molecule has 1 saturated heterocycles. The Labute approximate surface area is 232 Å². The number of methoxy groups -OCH3 is 1. The number of rotatable bonds is 6. The number of amidine groups is 1. The van der Waals surface area contributed by atoms with E-state index in [-0.39, 0.29) is 12.1 Å². The molecule has 2 aliphatic heterocycles. The molecule has 0 aromatic heterocycles. The lowest BCUT2D eigenvalue weighted by atomic mass is 9.93. The van der Waals surface area contributed by atoms with Gasteiger partial charge in [0.15, 0.2) is 0 Å². The van der Waals surface area contributed by atoms with Gasteiger partial charge in [-0.2, -0.15) is 0 Å². The van der Waals surface area contributed by atoms with Gasteiger partial charge in [-0.15, -0.1) is 0 Å². The SMILES string of the molecule is CCOc1cc(OC)ccc1C1=N[C@H](c2ccc(Cl)cc2)[C@H](c2ccc(Cl)cc2)N1C(=O)N1CCOCC1. The summed E-state index contributed by atoms with van der Waals surface area (Å²) in [7, 11) is 1.61. The molecule has 2 atom stereocenters. The van der Waals surface area contributed by atoms with Gasteiger partial charge in [0, 0.05) is 29.2 Å². The van der Waals surface area contributed by atoms with Crippen molar-refractivity contribution in [3.8, 4) is 11.5 Å². The zero-order valence-corrected chi connectivity index (χ0v) is 22.8. The first-order valence-electron chi connectivity index (χ1n) is 12.6. The zero-order chi connectivity index (χ0) is 26.6. The molecule has 2 heterocycles. The normalized spacial score (nSPS) is 19.3. The fourth-order valence-electron chi connectivity index (χ4n) is 4.85. The Bertz CT molecular complexity index is 1310. The largest absolute Gasteiger partial charge is 0.497 e. The van der Waals surface area contributed by atoms with E-state index in [1.165, 1.54) is 0 Å². The summed E-state index contributed by atoms with van der Waals surface area (Å²) in [6.45, 7) is 4.36. The second-order valence-electron chi connectivity index (χ2n) is 8.99. The molecular weight excluding hydrogens is 525 g/mol. The van der Waals surface area contributed by atoms with Gasteiger partial charge in [-0.1, -0.05) is 47.5 Å². The van der Waals surface area contributed by atoms with E-state index in [1.54, 1.807) is 12.0 Å². The number of nitrogens with zero attached hydrogens (tertiary/aromatic N) is 3. The van der Waals surface area contributed by atoms with E-state index in [0.717, 1.165) is 11.1 Å². The van der Waals surface area contributed by atoms with Crippen molar-refractivity contribution in [2.75, 3.05) is 40.0 Å². The third-order valence-corrected chi connectivity index (χ3v) is 7.21. The number of halogens is 2. The van der Waals surface area contributed by atoms with Crippen LogP contribution in [0.4, 0.5) is 4.79 Å². The molecule has 0 N–H and O–H groups in total. The monoisotopic (exact) mass is 553 g/mol. The van der Waals surface area contributed by atoms with Crippen LogP contribution in [-0.4, -0.2) is 61.7 Å². The van der Waals surface area contributed by atoms with Crippen LogP contribution in [0.3, 0.4) is 0 Å². The molecule has 0 aliphatic carbocycles. The second kappa shape index (κ2) is 11.6. The lowest BCUT2D eigenvalue weighted by Crippen LogP contribution is -2.50. The van der Waals surface area contributed by atoms with Crippen LogP contribution in [0.1, 0.15) is 35.7 Å². The van der Waals surface area contributed by atoms with E-state index >= 15 is 0 Å². The van der Waals surface area contributed by atoms with Crippen molar-refractivity contribution in [2.45, 2.75) is 19.0 Å². The Morgan fingerprint density at radius 1 is 0.974 bits per heavy atom. The van der Waals surface area contributed by atoms with Crippen molar-refractivity contribution in [2.24, 2.45) is 4.99 Å². The van der Waals surface area contributed by atoms with Crippen LogP contribution in [0.2, 0.25) is 10.0 Å². The van der Waals surface area contributed by atoms with Crippen LogP contribution >= 0.6 is 23.2 Å². The number of hydrogen-bond donors (Lipinski definition) is 0. The first-order valence-corrected chi connectivity index (χ1v) is 13.3. The quantitative estimate of drug-likeness (QED) is 0.354. The van der Waals surface area contributed by atoms with Gasteiger partial charge in [0.05, 0.1) is 38.5 Å². The average molecular weight is 554 g/mol. The number of amides is 2. The van der Waals surface area contributed by atoms with Crippen molar-refractivity contribution in [3.05, 3.63) is 93.5 Å². The fourth-order valence-corrected chi connectivity index (χ4v) is 5.10. The maximum atomic E-state index is 14.3. The van der Waals surface area contributed by atoms with Crippen LogP contribution in [0, 0.1) is 0 Å². The maximum Gasteiger partial charge on any atom is 0.326 e. The third-order valence-electron chi connectivity index (χ3n) is 6.71. The molecule has 2 amide bonds. The highest BCUT2D eigenvalue weighted by Gasteiger charge is 2.44. The van der Waals surface area contributed by atoms with Gasteiger partial charge in [-0.25, -0.2) is 4.79 Å². The van der Waals surface area contributed by atoms with E-state index in [0.29, 0.717) is 65.9 Å². The minimum absolute atomic E-state index is 0.137. The molecule has 3 aromatic carbocycles. The van der Waals surface area contributed by atoms with E-state index < -0.39 is 6.04 Å². The summed E-state index contributed by atoms with van der Waals surface area (Å²) in [5.41, 5.74) is 2.57. The van der Waals surface area contributed by atoms with Gasteiger partial charge in [0.2, 0.25) is 0 Å². The topological polar surface area (TPSA) is 63.6 Å². The zero-order valence-electron chi connectivity index (χ0n) is 21.3. The number of carbonyl (C=O) groups excluding carboxylic acids is 1. The number of aliphatic imine (C=N–C) groups is 1. The molecule has 9 heteroatoms. The van der Waals surface area contributed by atoms with Crippen LogP contribution in [-0.2, 0) is 4.74 Å². The van der Waals surface area contributed by atoms with Crippen molar-refractivity contribution in [1.82, 2.24) is 9.80 Å². The summed E-state index contributed by atoms with van der Waals surface area (Å²) in [4.78, 5) is 23.1. The van der Waals surface area contributed by atoms with Gasteiger partial charge >= 0.3 is 6.03 Å². The van der Waals surface area contributed by atoms with Crippen LogP contribution in [0.25, 0.3) is 0 Å². The minimum atomic E-state index is -0.421. The minimum Gasteiger partial charge on any atom is -0.497 e. The Balaban J connectivity index is 1.69. The summed E-state index contributed by atoms with van der Waals surface area (Å²) >= 11 is 12.5. The van der Waals surface area contributed by atoms with Crippen LogP contribution in [0.5, 0.6) is 11.5 Å². The van der Waals surface area contributed by atoms with Gasteiger partial charge in [0.25, 0.3) is 0 Å². The van der Waals surface area contributed by atoms with E-state index in [2.05, 4.69) is 0 Å². The van der Waals surface area contributed by atoms with E-state index in [9.17, 15) is 4.79 Å². The predicted octanol–water partition coefficient (Wildman–Crippen LogP) is 6.40.